The maximum atomic E-state index is 5.50. The molecule has 1 atom stereocenters. The number of hydrogen-bond donors (Lipinski definition) is 0. The van der Waals surface area contributed by atoms with E-state index in [4.69, 9.17) is 4.43 Å². The van der Waals surface area contributed by atoms with Crippen molar-refractivity contribution >= 4 is 9.20 Å². The van der Waals surface area contributed by atoms with Gasteiger partial charge in [-0.1, -0.05) is 27.2 Å². The minimum Gasteiger partial charge on any atom is -0.409 e. The maximum absolute atomic E-state index is 5.50. The summed E-state index contributed by atoms with van der Waals surface area (Å²) in [6.45, 7) is 8.92. The Labute approximate surface area is 72.3 Å². The van der Waals surface area contributed by atoms with Gasteiger partial charge in [-0.15, -0.1) is 0 Å². The smallest absolute Gasteiger partial charge is 0.254 e. The highest BCUT2D eigenvalue weighted by atomic mass is 28.3. The van der Waals surface area contributed by atoms with Crippen molar-refractivity contribution in [3.05, 3.63) is 0 Å². The van der Waals surface area contributed by atoms with Crippen molar-refractivity contribution in [2.24, 2.45) is 0 Å². The summed E-state index contributed by atoms with van der Waals surface area (Å²) in [5.41, 5.74) is 0. The van der Waals surface area contributed by atoms with E-state index >= 15 is 0 Å². The van der Waals surface area contributed by atoms with Gasteiger partial charge in [-0.05, 0) is 19.1 Å². The number of hydrogen-bond acceptors (Lipinski definition) is 2. The number of rotatable bonds is 6. The second kappa shape index (κ2) is 6.82. The molecule has 0 radical (unpaired) electrons. The van der Waals surface area contributed by atoms with Gasteiger partial charge < -0.3 is 8.99 Å². The van der Waals surface area contributed by atoms with Crippen molar-refractivity contribution in [3.8, 4) is 0 Å². The molecule has 68 valence electrons. The van der Waals surface area contributed by atoms with E-state index in [-0.39, 0.29) is 0 Å². The molecule has 2 nitrogen and oxygen atoms in total. The quantitative estimate of drug-likeness (QED) is 0.569. The first-order valence-electron chi connectivity index (χ1n) is 4.56. The van der Waals surface area contributed by atoms with Crippen molar-refractivity contribution in [1.29, 1.82) is 0 Å². The lowest BCUT2D eigenvalue weighted by molar-refractivity contribution is 0.325. The third-order valence-corrected chi connectivity index (χ3v) is 5.19. The molecule has 0 aliphatic heterocycles. The van der Waals surface area contributed by atoms with Crippen LogP contribution >= 0.6 is 0 Å². The van der Waals surface area contributed by atoms with Gasteiger partial charge in [0.2, 0.25) is 0 Å². The van der Waals surface area contributed by atoms with Crippen LogP contribution in [0.15, 0.2) is 0 Å². The van der Waals surface area contributed by atoms with E-state index in [1.54, 1.807) is 0 Å². The first kappa shape index (κ1) is 11.1. The van der Waals surface area contributed by atoms with E-state index in [1.807, 2.05) is 7.11 Å². The van der Waals surface area contributed by atoms with Crippen LogP contribution in [0.25, 0.3) is 0 Å². The molecule has 0 aromatic carbocycles. The van der Waals surface area contributed by atoms with Gasteiger partial charge in [-0.2, -0.15) is 0 Å². The summed E-state index contributed by atoms with van der Waals surface area (Å²) in [7, 11) is 0.857. The third-order valence-electron chi connectivity index (χ3n) is 2.03. The number of nitrogens with zero attached hydrogens (tertiary/aromatic N) is 1. The zero-order chi connectivity index (χ0) is 8.69. The Hall–Kier alpha value is 0.137. The Balaban J connectivity index is 3.76. The Morgan fingerprint density at radius 1 is 1.18 bits per heavy atom. The van der Waals surface area contributed by atoms with E-state index in [1.165, 1.54) is 12.5 Å². The van der Waals surface area contributed by atoms with Crippen LogP contribution in [0, 0.1) is 0 Å². The molecule has 0 aromatic heterocycles. The van der Waals surface area contributed by atoms with Crippen LogP contribution in [0.5, 0.6) is 0 Å². The van der Waals surface area contributed by atoms with Crippen LogP contribution in [-0.4, -0.2) is 34.0 Å². The van der Waals surface area contributed by atoms with Crippen molar-refractivity contribution < 1.29 is 4.43 Å². The zero-order valence-electron chi connectivity index (χ0n) is 8.26. The molecular weight excluding hydrogens is 154 g/mol. The van der Waals surface area contributed by atoms with Gasteiger partial charge in [0, 0.05) is 7.11 Å². The molecule has 0 spiro atoms. The Morgan fingerprint density at radius 3 is 2.00 bits per heavy atom. The van der Waals surface area contributed by atoms with Gasteiger partial charge in [-0.3, -0.25) is 0 Å². The molecule has 0 rings (SSSR count). The standard InChI is InChI=1S/C8H21NOSi/c1-5-8-11(10-4)9(6-2)7-3/h11H,5-8H2,1-4H3. The lowest BCUT2D eigenvalue weighted by Crippen LogP contribution is -2.40. The van der Waals surface area contributed by atoms with E-state index in [9.17, 15) is 0 Å². The second-order valence-electron chi connectivity index (χ2n) is 2.70. The van der Waals surface area contributed by atoms with E-state index in [0.29, 0.717) is 0 Å². The fourth-order valence-electron chi connectivity index (χ4n) is 1.33. The Morgan fingerprint density at radius 2 is 1.73 bits per heavy atom. The molecule has 0 amide bonds. The first-order valence-corrected chi connectivity index (χ1v) is 6.37. The van der Waals surface area contributed by atoms with Crippen molar-refractivity contribution in [3.63, 3.8) is 0 Å². The normalized spacial score (nSPS) is 13.9. The summed E-state index contributed by atoms with van der Waals surface area (Å²) in [6.07, 6.45) is 1.25. The van der Waals surface area contributed by atoms with Crippen molar-refractivity contribution in [2.45, 2.75) is 33.2 Å². The van der Waals surface area contributed by atoms with Crippen molar-refractivity contribution in [1.82, 2.24) is 4.57 Å². The van der Waals surface area contributed by atoms with E-state index in [0.717, 1.165) is 13.1 Å². The summed E-state index contributed by atoms with van der Waals surface area (Å²) in [6, 6.07) is 1.28. The van der Waals surface area contributed by atoms with Crippen LogP contribution in [-0.2, 0) is 4.43 Å². The van der Waals surface area contributed by atoms with Crippen LogP contribution in [0.1, 0.15) is 27.2 Å². The molecule has 0 saturated carbocycles. The molecule has 0 aliphatic carbocycles. The SMILES string of the molecule is CCC[SiH](OC)N(CC)CC. The Kier molecular flexibility index (Phi) is 6.91. The molecule has 0 heterocycles. The molecule has 11 heavy (non-hydrogen) atoms. The van der Waals surface area contributed by atoms with Crippen LogP contribution in [0.3, 0.4) is 0 Å². The highest BCUT2D eigenvalue weighted by Crippen LogP contribution is 2.03. The van der Waals surface area contributed by atoms with Gasteiger partial charge in [-0.25, -0.2) is 0 Å². The first-order chi connectivity index (χ1) is 5.29. The van der Waals surface area contributed by atoms with Crippen LogP contribution < -0.4 is 0 Å². The fraction of sp³-hybridized carbons (Fsp3) is 1.00. The predicted molar refractivity (Wildman–Crippen MR) is 52.2 cm³/mol. The largest absolute Gasteiger partial charge is 0.409 e. The summed E-state index contributed by atoms with van der Waals surface area (Å²) < 4.78 is 7.98. The minimum atomic E-state index is -0.995. The van der Waals surface area contributed by atoms with Gasteiger partial charge >= 0.3 is 0 Å². The molecule has 0 bridgehead atoms. The lowest BCUT2D eigenvalue weighted by atomic mass is 10.6. The molecule has 3 heteroatoms. The van der Waals surface area contributed by atoms with Gasteiger partial charge in [0.15, 0.2) is 0 Å². The lowest BCUT2D eigenvalue weighted by Gasteiger charge is -2.25. The average molecular weight is 175 g/mol. The monoisotopic (exact) mass is 175 g/mol. The predicted octanol–water partition coefficient (Wildman–Crippen LogP) is 1.61. The molecule has 0 aliphatic rings. The highest BCUT2D eigenvalue weighted by Gasteiger charge is 2.15. The molecule has 0 saturated heterocycles. The van der Waals surface area contributed by atoms with E-state index in [2.05, 4.69) is 25.3 Å². The molecule has 0 aromatic rings. The minimum absolute atomic E-state index is 0.995. The maximum Gasteiger partial charge on any atom is 0.254 e. The zero-order valence-corrected chi connectivity index (χ0v) is 9.42. The highest BCUT2D eigenvalue weighted by molar-refractivity contribution is 6.48. The topological polar surface area (TPSA) is 12.5 Å². The molecule has 1 unspecified atom stereocenters. The summed E-state index contributed by atoms with van der Waals surface area (Å²) in [5, 5.41) is 0. The van der Waals surface area contributed by atoms with Gasteiger partial charge in [0.1, 0.15) is 0 Å². The molecule has 0 fully saturated rings. The average Bonchev–Trinajstić information content (AvgIpc) is 2.05. The van der Waals surface area contributed by atoms with Gasteiger partial charge in [0.25, 0.3) is 9.20 Å². The van der Waals surface area contributed by atoms with Crippen molar-refractivity contribution in [2.75, 3.05) is 20.2 Å². The summed E-state index contributed by atoms with van der Waals surface area (Å²) in [4.78, 5) is 0. The van der Waals surface area contributed by atoms with Crippen LogP contribution in [0.2, 0.25) is 6.04 Å². The molecular formula is C8H21NOSi. The fourth-order valence-corrected chi connectivity index (χ4v) is 3.53. The summed E-state index contributed by atoms with van der Waals surface area (Å²) >= 11 is 0. The summed E-state index contributed by atoms with van der Waals surface area (Å²) in [5.74, 6) is 0. The Bertz CT molecular complexity index is 86.2. The third kappa shape index (κ3) is 3.89. The second-order valence-corrected chi connectivity index (χ2v) is 5.39. The van der Waals surface area contributed by atoms with Gasteiger partial charge in [0.05, 0.1) is 0 Å². The van der Waals surface area contributed by atoms with Crippen LogP contribution in [0.4, 0.5) is 0 Å². The van der Waals surface area contributed by atoms with E-state index < -0.39 is 9.20 Å². The molecule has 0 N–H and O–H groups in total.